The van der Waals surface area contributed by atoms with E-state index in [1.165, 1.54) is 24.0 Å². The van der Waals surface area contributed by atoms with Gasteiger partial charge in [0.1, 0.15) is 10.9 Å². The van der Waals surface area contributed by atoms with Crippen molar-refractivity contribution in [3.05, 3.63) is 29.9 Å². The van der Waals surface area contributed by atoms with Gasteiger partial charge in [-0.2, -0.15) is 0 Å². The number of aromatic nitrogens is 2. The first-order valence-electron chi connectivity index (χ1n) is 4.95. The smallest absolute Gasteiger partial charge is 0.187 e. The molecule has 0 N–H and O–H groups in total. The summed E-state index contributed by atoms with van der Waals surface area (Å²) in [4.78, 5) is 0. The molecule has 0 saturated carbocycles. The highest BCUT2D eigenvalue weighted by atomic mass is 32.2. The Balaban J connectivity index is 1.94. The predicted octanol–water partition coefficient (Wildman–Crippen LogP) is 2.87. The van der Waals surface area contributed by atoms with Crippen LogP contribution in [0.2, 0.25) is 0 Å². The molecule has 1 aromatic heterocycles. The molecule has 1 aliphatic heterocycles. The molecule has 1 aromatic rings. The van der Waals surface area contributed by atoms with Gasteiger partial charge in [-0.15, -0.1) is 5.10 Å². The van der Waals surface area contributed by atoms with E-state index in [0.717, 1.165) is 24.3 Å². The molecule has 5 heteroatoms. The molecule has 0 fully saturated rings. The van der Waals surface area contributed by atoms with E-state index in [-0.39, 0.29) is 5.25 Å². The van der Waals surface area contributed by atoms with E-state index in [0.29, 0.717) is 0 Å². The molecule has 0 spiro atoms. The van der Waals surface area contributed by atoms with Crippen LogP contribution in [0.25, 0.3) is 5.57 Å². The summed E-state index contributed by atoms with van der Waals surface area (Å²) >= 11 is 1.37. The minimum atomic E-state index is 0.118. The molecule has 0 bridgehead atoms. The van der Waals surface area contributed by atoms with Crippen LogP contribution < -0.4 is 0 Å². The summed E-state index contributed by atoms with van der Waals surface area (Å²) in [6.45, 7) is 0. The molecule has 1 atom stereocenters. The van der Waals surface area contributed by atoms with Crippen LogP contribution in [0.15, 0.2) is 22.9 Å². The zero-order valence-corrected chi connectivity index (χ0v) is 8.87. The first kappa shape index (κ1) is 9.03. The van der Waals surface area contributed by atoms with Crippen molar-refractivity contribution >= 4 is 17.6 Å². The lowest BCUT2D eigenvalue weighted by atomic mass is 10.1. The Labute approximate surface area is 91.6 Å². The van der Waals surface area contributed by atoms with E-state index in [1.807, 2.05) is 6.08 Å². The molecule has 1 aliphatic carbocycles. The van der Waals surface area contributed by atoms with Crippen molar-refractivity contribution in [2.75, 3.05) is 0 Å². The van der Waals surface area contributed by atoms with Crippen molar-refractivity contribution in [3.63, 3.8) is 0 Å². The van der Waals surface area contributed by atoms with Gasteiger partial charge in [0, 0.05) is 5.27 Å². The molecule has 0 amide bonds. The Hall–Kier alpha value is -1.23. The van der Waals surface area contributed by atoms with E-state index < -0.39 is 0 Å². The Kier molecular flexibility index (Phi) is 2.25. The lowest BCUT2D eigenvalue weighted by Crippen LogP contribution is -1.92. The van der Waals surface area contributed by atoms with Crippen LogP contribution in [0.1, 0.15) is 36.0 Å². The maximum atomic E-state index is 5.23. The lowest BCUT2D eigenvalue weighted by Gasteiger charge is -2.02. The topological polar surface area (TPSA) is 48.2 Å². The molecule has 1 unspecified atom stereocenters. The zero-order chi connectivity index (χ0) is 10.1. The second-order valence-corrected chi connectivity index (χ2v) is 4.44. The first-order chi connectivity index (χ1) is 7.45. The third-order valence-electron chi connectivity index (χ3n) is 2.58. The fourth-order valence-corrected chi connectivity index (χ4v) is 2.47. The molecule has 78 valence electrons. The maximum Gasteiger partial charge on any atom is 0.187 e. The summed E-state index contributed by atoms with van der Waals surface area (Å²) in [6, 6.07) is 0. The van der Waals surface area contributed by atoms with Gasteiger partial charge in [0.15, 0.2) is 5.76 Å². The number of hydrogen-bond acceptors (Lipinski definition) is 5. The monoisotopic (exact) mass is 222 g/mol. The van der Waals surface area contributed by atoms with Crippen LogP contribution in [0.3, 0.4) is 0 Å². The molecule has 0 aromatic carbocycles. The molecular weight excluding hydrogens is 212 g/mol. The first-order valence-corrected chi connectivity index (χ1v) is 5.76. The van der Waals surface area contributed by atoms with Gasteiger partial charge >= 0.3 is 0 Å². The average molecular weight is 222 g/mol. The molecule has 3 rings (SSSR count). The average Bonchev–Trinajstić information content (AvgIpc) is 3.01. The highest BCUT2D eigenvalue weighted by molar-refractivity contribution is 7.95. The van der Waals surface area contributed by atoms with Gasteiger partial charge in [-0.3, -0.25) is 0 Å². The van der Waals surface area contributed by atoms with Gasteiger partial charge < -0.3 is 8.71 Å². The molecule has 4 nitrogen and oxygen atoms in total. The second-order valence-electron chi connectivity index (χ2n) is 3.55. The third-order valence-corrected chi connectivity index (χ3v) is 3.39. The van der Waals surface area contributed by atoms with Gasteiger partial charge in [0.2, 0.25) is 0 Å². The maximum absolute atomic E-state index is 5.23. The van der Waals surface area contributed by atoms with Crippen molar-refractivity contribution in [1.82, 2.24) is 10.4 Å². The van der Waals surface area contributed by atoms with Crippen molar-refractivity contribution in [3.8, 4) is 0 Å². The van der Waals surface area contributed by atoms with Crippen molar-refractivity contribution in [1.29, 1.82) is 0 Å². The number of rotatable bonds is 2. The fourth-order valence-electron chi connectivity index (χ4n) is 1.85. The summed E-state index contributed by atoms with van der Waals surface area (Å²) in [5, 5.41) is 7.79. The van der Waals surface area contributed by atoms with Crippen LogP contribution in [0.5, 0.6) is 0 Å². The standard InChI is InChI=1S/C10H10N2O2S/c1-2-4-7(3-1)10-9(11-12-14-10)8-5-6-13-15-8/h3,5-6,8H,1-2,4H2. The Bertz CT molecular complexity index is 425. The van der Waals surface area contributed by atoms with Crippen LogP contribution >= 0.6 is 12.0 Å². The minimum absolute atomic E-state index is 0.118. The largest absolute Gasteiger partial charge is 0.433 e. The number of allylic oxidation sites excluding steroid dienone is 2. The predicted molar refractivity (Wildman–Crippen MR) is 56.7 cm³/mol. The van der Waals surface area contributed by atoms with E-state index in [2.05, 4.69) is 16.4 Å². The second kappa shape index (κ2) is 3.73. The van der Waals surface area contributed by atoms with Gasteiger partial charge in [0.25, 0.3) is 0 Å². The zero-order valence-electron chi connectivity index (χ0n) is 8.05. The Morgan fingerprint density at radius 1 is 1.47 bits per heavy atom. The van der Waals surface area contributed by atoms with Crippen molar-refractivity contribution in [2.45, 2.75) is 24.5 Å². The normalized spacial score (nSPS) is 24.3. The van der Waals surface area contributed by atoms with Crippen LogP contribution in [0.4, 0.5) is 0 Å². The summed E-state index contributed by atoms with van der Waals surface area (Å²) in [7, 11) is 0. The fraction of sp³-hybridized carbons (Fsp3) is 0.400. The summed E-state index contributed by atoms with van der Waals surface area (Å²) in [6.07, 6.45) is 9.22. The van der Waals surface area contributed by atoms with Crippen LogP contribution in [-0.4, -0.2) is 10.4 Å². The van der Waals surface area contributed by atoms with Crippen LogP contribution in [-0.2, 0) is 4.18 Å². The summed E-state index contributed by atoms with van der Waals surface area (Å²) in [5.41, 5.74) is 2.11. The quantitative estimate of drug-likeness (QED) is 0.720. The molecule has 2 aliphatic rings. The SMILES string of the molecule is C1=CC(c2nnoc2C2=CCCC2)SO1. The molecule has 0 radical (unpaired) electrons. The number of hydrogen-bond donors (Lipinski definition) is 0. The summed E-state index contributed by atoms with van der Waals surface area (Å²) in [5.74, 6) is 0.833. The van der Waals surface area contributed by atoms with E-state index in [1.54, 1.807) is 6.26 Å². The highest BCUT2D eigenvalue weighted by Gasteiger charge is 2.26. The number of nitrogens with zero attached hydrogens (tertiary/aromatic N) is 2. The molecule has 15 heavy (non-hydrogen) atoms. The van der Waals surface area contributed by atoms with Crippen molar-refractivity contribution < 1.29 is 8.71 Å². The van der Waals surface area contributed by atoms with Gasteiger partial charge in [-0.1, -0.05) is 6.08 Å². The van der Waals surface area contributed by atoms with E-state index in [4.69, 9.17) is 8.71 Å². The Morgan fingerprint density at radius 2 is 2.47 bits per heavy atom. The van der Waals surface area contributed by atoms with Crippen molar-refractivity contribution in [2.24, 2.45) is 0 Å². The highest BCUT2D eigenvalue weighted by Crippen LogP contribution is 2.40. The summed E-state index contributed by atoms with van der Waals surface area (Å²) < 4.78 is 10.3. The lowest BCUT2D eigenvalue weighted by molar-refractivity contribution is 0.384. The Morgan fingerprint density at radius 3 is 3.20 bits per heavy atom. The minimum Gasteiger partial charge on any atom is -0.433 e. The van der Waals surface area contributed by atoms with Crippen LogP contribution in [0, 0.1) is 0 Å². The van der Waals surface area contributed by atoms with Gasteiger partial charge in [-0.25, -0.2) is 0 Å². The van der Waals surface area contributed by atoms with E-state index >= 15 is 0 Å². The van der Waals surface area contributed by atoms with Gasteiger partial charge in [0.05, 0.1) is 18.3 Å². The molecule has 0 saturated heterocycles. The molecule has 2 heterocycles. The third kappa shape index (κ3) is 1.56. The van der Waals surface area contributed by atoms with Gasteiger partial charge in [-0.05, 0) is 30.9 Å². The van der Waals surface area contributed by atoms with E-state index in [9.17, 15) is 0 Å². The molecular formula is C10H10N2O2S.